The Morgan fingerprint density at radius 1 is 1.11 bits per heavy atom. The summed E-state index contributed by atoms with van der Waals surface area (Å²) < 4.78 is 6.70. The van der Waals surface area contributed by atoms with E-state index in [1.54, 1.807) is 24.3 Å². The number of carbonyl (C=O) groups excluding carboxylic acids is 2. The van der Waals surface area contributed by atoms with Gasteiger partial charge >= 0.3 is 5.97 Å². The number of ether oxygens (including phenoxy) is 1. The summed E-state index contributed by atoms with van der Waals surface area (Å²) in [5.74, 6) is -0.413. The molecule has 0 saturated heterocycles. The van der Waals surface area contributed by atoms with Crippen LogP contribution in [-0.2, 0) is 22.7 Å². The maximum atomic E-state index is 12.5. The second-order valence-corrected chi connectivity index (χ2v) is 6.57. The van der Waals surface area contributed by atoms with Gasteiger partial charge in [-0.25, -0.2) is 9.48 Å². The van der Waals surface area contributed by atoms with Gasteiger partial charge in [0.1, 0.15) is 19.5 Å². The molecule has 3 rings (SSSR count). The van der Waals surface area contributed by atoms with Crippen LogP contribution in [0.2, 0.25) is 0 Å². The number of carbonyl (C=O) groups is 2. The first-order chi connectivity index (χ1) is 13.5. The van der Waals surface area contributed by atoms with Crippen LogP contribution >= 0.6 is 0 Å². The van der Waals surface area contributed by atoms with E-state index in [2.05, 4.69) is 34.7 Å². The summed E-state index contributed by atoms with van der Waals surface area (Å²) in [7, 11) is 0. The van der Waals surface area contributed by atoms with Crippen LogP contribution in [0.1, 0.15) is 41.3 Å². The molecule has 0 saturated carbocycles. The molecule has 8 heteroatoms. The number of aromatic nitrogens is 4. The Bertz CT molecular complexity index is 937. The van der Waals surface area contributed by atoms with Gasteiger partial charge in [-0.3, -0.25) is 4.79 Å². The number of para-hydroxylation sites is 1. The van der Waals surface area contributed by atoms with E-state index in [9.17, 15) is 9.59 Å². The molecule has 28 heavy (non-hydrogen) atoms. The SMILES string of the molecule is CC(C)c1ccc(COC(=O)c2ccccc2NC(=O)Cn2cnnn2)cc1. The molecule has 8 nitrogen and oxygen atoms in total. The third kappa shape index (κ3) is 5.00. The molecule has 0 spiro atoms. The second kappa shape index (κ2) is 8.90. The minimum absolute atomic E-state index is 0.0570. The molecule has 2 aromatic carbocycles. The summed E-state index contributed by atoms with van der Waals surface area (Å²) in [5, 5.41) is 13.3. The van der Waals surface area contributed by atoms with Gasteiger partial charge in [-0.05, 0) is 39.6 Å². The average Bonchev–Trinajstić information content (AvgIpc) is 3.19. The maximum Gasteiger partial charge on any atom is 0.340 e. The third-order valence-electron chi connectivity index (χ3n) is 4.13. The van der Waals surface area contributed by atoms with Gasteiger partial charge in [0.15, 0.2) is 0 Å². The van der Waals surface area contributed by atoms with Crippen molar-refractivity contribution in [1.29, 1.82) is 0 Å². The number of esters is 1. The highest BCUT2D eigenvalue weighted by Gasteiger charge is 2.15. The summed E-state index contributed by atoms with van der Waals surface area (Å²) >= 11 is 0. The van der Waals surface area contributed by atoms with Crippen molar-refractivity contribution in [3.63, 3.8) is 0 Å². The Hall–Kier alpha value is -3.55. The van der Waals surface area contributed by atoms with Crippen LogP contribution < -0.4 is 5.32 Å². The van der Waals surface area contributed by atoms with Crippen molar-refractivity contribution in [3.05, 3.63) is 71.5 Å². The number of tetrazole rings is 1. The first-order valence-electron chi connectivity index (χ1n) is 8.88. The summed E-state index contributed by atoms with van der Waals surface area (Å²) in [6.45, 7) is 4.35. The zero-order valence-corrected chi connectivity index (χ0v) is 15.7. The maximum absolute atomic E-state index is 12.5. The normalized spacial score (nSPS) is 10.7. The summed E-state index contributed by atoms with van der Waals surface area (Å²) in [5.41, 5.74) is 2.79. The number of anilines is 1. The van der Waals surface area contributed by atoms with E-state index in [-0.39, 0.29) is 24.6 Å². The molecule has 0 bridgehead atoms. The Labute approximate surface area is 162 Å². The lowest BCUT2D eigenvalue weighted by Gasteiger charge is -2.11. The van der Waals surface area contributed by atoms with Crippen LogP contribution in [0.15, 0.2) is 54.9 Å². The average molecular weight is 379 g/mol. The predicted octanol–water partition coefficient (Wildman–Crippen LogP) is 2.79. The van der Waals surface area contributed by atoms with E-state index < -0.39 is 5.97 Å². The lowest BCUT2D eigenvalue weighted by Crippen LogP contribution is -2.21. The lowest BCUT2D eigenvalue weighted by atomic mass is 10.0. The minimum atomic E-state index is -0.508. The first kappa shape index (κ1) is 19.2. The van der Waals surface area contributed by atoms with Gasteiger partial charge in [-0.2, -0.15) is 0 Å². The van der Waals surface area contributed by atoms with Gasteiger partial charge in [-0.1, -0.05) is 50.2 Å². The van der Waals surface area contributed by atoms with Crippen LogP contribution in [0.25, 0.3) is 0 Å². The molecular formula is C20H21N5O3. The summed E-state index contributed by atoms with van der Waals surface area (Å²) in [4.78, 5) is 24.6. The number of rotatable bonds is 7. The number of nitrogens with one attached hydrogen (secondary N) is 1. The lowest BCUT2D eigenvalue weighted by molar-refractivity contribution is -0.116. The summed E-state index contributed by atoms with van der Waals surface area (Å²) in [6, 6.07) is 14.6. The second-order valence-electron chi connectivity index (χ2n) is 6.57. The monoisotopic (exact) mass is 379 g/mol. The highest BCUT2D eigenvalue weighted by atomic mass is 16.5. The zero-order valence-electron chi connectivity index (χ0n) is 15.7. The Morgan fingerprint density at radius 2 is 1.86 bits per heavy atom. The molecule has 3 aromatic rings. The molecule has 1 N–H and O–H groups in total. The van der Waals surface area contributed by atoms with Crippen LogP contribution in [-0.4, -0.2) is 32.1 Å². The number of hydrogen-bond donors (Lipinski definition) is 1. The Balaban J connectivity index is 1.62. The van der Waals surface area contributed by atoms with Crippen LogP contribution in [0.3, 0.4) is 0 Å². The Morgan fingerprint density at radius 3 is 2.54 bits per heavy atom. The third-order valence-corrected chi connectivity index (χ3v) is 4.13. The molecule has 0 atom stereocenters. The van der Waals surface area contributed by atoms with Crippen molar-refractivity contribution in [2.75, 3.05) is 5.32 Å². The van der Waals surface area contributed by atoms with Gasteiger partial charge in [0.25, 0.3) is 0 Å². The molecule has 0 aliphatic heterocycles. The van der Waals surface area contributed by atoms with E-state index in [1.165, 1.54) is 16.6 Å². The number of amides is 1. The van der Waals surface area contributed by atoms with Gasteiger partial charge in [0, 0.05) is 0 Å². The highest BCUT2D eigenvalue weighted by molar-refractivity contribution is 6.01. The smallest absolute Gasteiger partial charge is 0.340 e. The first-order valence-corrected chi connectivity index (χ1v) is 8.88. The quantitative estimate of drug-likeness (QED) is 0.634. The fraction of sp³-hybridized carbons (Fsp3) is 0.250. The molecule has 144 valence electrons. The standard InChI is InChI=1S/C20H21N5O3/c1-14(2)16-9-7-15(8-10-16)12-28-20(27)17-5-3-4-6-18(17)22-19(26)11-25-13-21-23-24-25/h3-10,13-14H,11-12H2,1-2H3,(H,22,26). The van der Waals surface area contributed by atoms with E-state index in [1.807, 2.05) is 24.3 Å². The molecule has 1 amide bonds. The van der Waals surface area contributed by atoms with E-state index in [0.29, 0.717) is 11.6 Å². The van der Waals surface area contributed by atoms with Gasteiger partial charge in [0.2, 0.25) is 5.91 Å². The fourth-order valence-corrected chi connectivity index (χ4v) is 2.59. The van der Waals surface area contributed by atoms with Crippen LogP contribution in [0.4, 0.5) is 5.69 Å². The molecule has 0 unspecified atom stereocenters. The van der Waals surface area contributed by atoms with Gasteiger partial charge in [-0.15, -0.1) is 5.10 Å². The van der Waals surface area contributed by atoms with Crippen molar-refractivity contribution in [1.82, 2.24) is 20.2 Å². The van der Waals surface area contributed by atoms with Gasteiger partial charge < -0.3 is 10.1 Å². The molecule has 0 fully saturated rings. The van der Waals surface area contributed by atoms with Crippen molar-refractivity contribution >= 4 is 17.6 Å². The minimum Gasteiger partial charge on any atom is -0.457 e. The summed E-state index contributed by atoms with van der Waals surface area (Å²) in [6.07, 6.45) is 1.34. The fourth-order valence-electron chi connectivity index (χ4n) is 2.59. The van der Waals surface area contributed by atoms with E-state index in [4.69, 9.17) is 4.74 Å². The van der Waals surface area contributed by atoms with Crippen LogP contribution in [0.5, 0.6) is 0 Å². The predicted molar refractivity (Wildman–Crippen MR) is 103 cm³/mol. The van der Waals surface area contributed by atoms with E-state index in [0.717, 1.165) is 5.56 Å². The number of hydrogen-bond acceptors (Lipinski definition) is 6. The number of benzene rings is 2. The Kier molecular flexibility index (Phi) is 6.11. The molecule has 0 aliphatic rings. The molecule has 0 radical (unpaired) electrons. The topological polar surface area (TPSA) is 99.0 Å². The van der Waals surface area contributed by atoms with Crippen molar-refractivity contribution in [2.24, 2.45) is 0 Å². The molecule has 1 heterocycles. The molecular weight excluding hydrogens is 358 g/mol. The largest absolute Gasteiger partial charge is 0.457 e. The van der Waals surface area contributed by atoms with Crippen molar-refractivity contribution < 1.29 is 14.3 Å². The molecule has 0 aliphatic carbocycles. The zero-order chi connectivity index (χ0) is 19.9. The van der Waals surface area contributed by atoms with Crippen LogP contribution in [0, 0.1) is 0 Å². The highest BCUT2D eigenvalue weighted by Crippen LogP contribution is 2.18. The van der Waals surface area contributed by atoms with Gasteiger partial charge in [0.05, 0.1) is 11.3 Å². The number of nitrogens with zero attached hydrogens (tertiary/aromatic N) is 4. The molecule has 1 aromatic heterocycles. The van der Waals surface area contributed by atoms with E-state index >= 15 is 0 Å². The van der Waals surface area contributed by atoms with Crippen molar-refractivity contribution in [2.45, 2.75) is 32.9 Å². The van der Waals surface area contributed by atoms with Crippen molar-refractivity contribution in [3.8, 4) is 0 Å².